The Labute approximate surface area is 112 Å². The fourth-order valence-corrected chi connectivity index (χ4v) is 2.04. The molecule has 0 aliphatic rings. The molecule has 1 atom stereocenters. The van der Waals surface area contributed by atoms with Crippen molar-refractivity contribution in [1.29, 1.82) is 0 Å². The Kier molecular flexibility index (Phi) is 4.47. The Morgan fingerprint density at radius 1 is 1.26 bits per heavy atom. The Morgan fingerprint density at radius 2 is 2.00 bits per heavy atom. The number of nitrogens with one attached hydrogen (secondary N) is 1. The Balaban J connectivity index is 2.20. The van der Waals surface area contributed by atoms with Crippen LogP contribution in [0.15, 0.2) is 42.7 Å². The van der Waals surface area contributed by atoms with Crippen molar-refractivity contribution in [3.8, 4) is 5.75 Å². The molecule has 0 spiro atoms. The number of pyridine rings is 1. The van der Waals surface area contributed by atoms with Gasteiger partial charge in [-0.05, 0) is 48.9 Å². The van der Waals surface area contributed by atoms with Crippen molar-refractivity contribution in [3.05, 3.63) is 59.7 Å². The van der Waals surface area contributed by atoms with Crippen LogP contribution in [-0.4, -0.2) is 19.1 Å². The van der Waals surface area contributed by atoms with Gasteiger partial charge in [0.2, 0.25) is 0 Å². The fraction of sp³-hybridized carbons (Fsp3) is 0.267. The molecule has 0 aliphatic carbocycles. The number of methoxy groups -OCH3 is 1. The van der Waals surface area contributed by atoms with Gasteiger partial charge in [0, 0.05) is 18.4 Å². The summed E-state index contributed by atoms with van der Waals surface area (Å²) in [6.45, 7) is 0. The van der Waals surface area contributed by atoms with Crippen LogP contribution in [0.3, 0.4) is 0 Å². The number of aromatic nitrogens is 1. The van der Waals surface area contributed by atoms with E-state index in [1.165, 1.54) is 13.2 Å². The molecule has 0 bridgehead atoms. The number of rotatable bonds is 5. The second kappa shape index (κ2) is 6.29. The van der Waals surface area contributed by atoms with Crippen molar-refractivity contribution in [1.82, 2.24) is 10.3 Å². The van der Waals surface area contributed by atoms with Crippen molar-refractivity contribution in [3.63, 3.8) is 0 Å². The molecular weight excluding hydrogens is 243 g/mol. The molecule has 2 aromatic rings. The molecule has 3 nitrogen and oxygen atoms in total. The highest BCUT2D eigenvalue weighted by Crippen LogP contribution is 2.23. The second-order valence-electron chi connectivity index (χ2n) is 4.29. The highest BCUT2D eigenvalue weighted by Gasteiger charge is 2.12. The van der Waals surface area contributed by atoms with Crippen LogP contribution in [-0.2, 0) is 6.42 Å². The number of likely N-dealkylation sites (N-methyl/N-ethyl adjacent to an activating group) is 1. The zero-order chi connectivity index (χ0) is 13.7. The lowest BCUT2D eigenvalue weighted by atomic mass is 9.99. The molecular formula is C15H17FN2O. The van der Waals surface area contributed by atoms with E-state index in [0.717, 1.165) is 17.5 Å². The first-order valence-corrected chi connectivity index (χ1v) is 6.14. The molecule has 0 aliphatic heterocycles. The van der Waals surface area contributed by atoms with Gasteiger partial charge in [-0.1, -0.05) is 6.07 Å². The molecule has 0 saturated carbocycles. The summed E-state index contributed by atoms with van der Waals surface area (Å²) in [5, 5.41) is 3.20. The van der Waals surface area contributed by atoms with E-state index in [2.05, 4.69) is 10.3 Å². The van der Waals surface area contributed by atoms with Gasteiger partial charge in [0.15, 0.2) is 11.6 Å². The summed E-state index contributed by atoms with van der Waals surface area (Å²) in [4.78, 5) is 3.99. The summed E-state index contributed by atoms with van der Waals surface area (Å²) in [7, 11) is 3.33. The third-order valence-electron chi connectivity index (χ3n) is 3.12. The van der Waals surface area contributed by atoms with Gasteiger partial charge in [0.25, 0.3) is 0 Å². The zero-order valence-corrected chi connectivity index (χ0v) is 11.1. The average molecular weight is 260 g/mol. The number of benzene rings is 1. The number of nitrogens with zero attached hydrogens (tertiary/aromatic N) is 1. The van der Waals surface area contributed by atoms with Gasteiger partial charge in [0.05, 0.1) is 7.11 Å². The van der Waals surface area contributed by atoms with Crippen molar-refractivity contribution in [2.45, 2.75) is 12.5 Å². The smallest absolute Gasteiger partial charge is 0.165 e. The predicted octanol–water partition coefficient (Wildman–Crippen LogP) is 2.73. The van der Waals surface area contributed by atoms with Crippen LogP contribution < -0.4 is 10.1 Å². The molecule has 1 aromatic heterocycles. The maximum absolute atomic E-state index is 13.7. The summed E-state index contributed by atoms with van der Waals surface area (Å²) in [5.41, 5.74) is 2.06. The van der Waals surface area contributed by atoms with Crippen molar-refractivity contribution >= 4 is 0 Å². The van der Waals surface area contributed by atoms with Crippen molar-refractivity contribution < 1.29 is 9.13 Å². The summed E-state index contributed by atoms with van der Waals surface area (Å²) >= 11 is 0. The molecule has 1 heterocycles. The summed E-state index contributed by atoms with van der Waals surface area (Å²) < 4.78 is 18.7. The summed E-state index contributed by atoms with van der Waals surface area (Å²) in [6.07, 6.45) is 4.30. The highest BCUT2D eigenvalue weighted by atomic mass is 19.1. The second-order valence-corrected chi connectivity index (χ2v) is 4.29. The Bertz CT molecular complexity index is 531. The van der Waals surface area contributed by atoms with Gasteiger partial charge in [-0.3, -0.25) is 4.98 Å². The minimum absolute atomic E-state index is 0.0582. The minimum Gasteiger partial charge on any atom is -0.494 e. The van der Waals surface area contributed by atoms with E-state index in [4.69, 9.17) is 4.74 Å². The van der Waals surface area contributed by atoms with E-state index in [-0.39, 0.29) is 17.6 Å². The lowest BCUT2D eigenvalue weighted by molar-refractivity contribution is 0.385. The lowest BCUT2D eigenvalue weighted by Gasteiger charge is -2.17. The molecule has 100 valence electrons. The van der Waals surface area contributed by atoms with E-state index >= 15 is 0 Å². The predicted molar refractivity (Wildman–Crippen MR) is 72.7 cm³/mol. The molecule has 2 rings (SSSR count). The average Bonchev–Trinajstić information content (AvgIpc) is 2.46. The minimum atomic E-state index is -0.338. The first kappa shape index (κ1) is 13.5. The standard InChI is InChI=1S/C15H17FN2O/c1-17-14(9-11-5-7-18-8-6-11)12-3-4-15(19-2)13(16)10-12/h3-8,10,14,17H,9H2,1-2H3. The molecule has 0 amide bonds. The number of ether oxygens (including phenoxy) is 1. The van der Waals surface area contributed by atoms with Gasteiger partial charge in [-0.25, -0.2) is 4.39 Å². The largest absolute Gasteiger partial charge is 0.494 e. The third kappa shape index (κ3) is 3.29. The zero-order valence-electron chi connectivity index (χ0n) is 11.1. The summed E-state index contributed by atoms with van der Waals surface area (Å²) in [5.74, 6) is -0.0718. The third-order valence-corrected chi connectivity index (χ3v) is 3.12. The molecule has 1 aromatic carbocycles. The van der Waals surface area contributed by atoms with Gasteiger partial charge in [-0.2, -0.15) is 0 Å². The summed E-state index contributed by atoms with van der Waals surface area (Å²) in [6, 6.07) is 9.03. The van der Waals surface area contributed by atoms with E-state index in [1.54, 1.807) is 18.5 Å². The van der Waals surface area contributed by atoms with Crippen molar-refractivity contribution in [2.24, 2.45) is 0 Å². The number of halogens is 1. The first-order chi connectivity index (χ1) is 9.24. The Morgan fingerprint density at radius 3 is 2.58 bits per heavy atom. The molecule has 1 N–H and O–H groups in total. The van der Waals surface area contributed by atoms with Crippen LogP contribution in [0.5, 0.6) is 5.75 Å². The topological polar surface area (TPSA) is 34.2 Å². The molecule has 0 fully saturated rings. The van der Waals surface area contributed by atoms with Crippen LogP contribution in [0.1, 0.15) is 17.2 Å². The van der Waals surface area contributed by atoms with E-state index in [1.807, 2.05) is 25.2 Å². The normalized spacial score (nSPS) is 12.2. The van der Waals surface area contributed by atoms with Gasteiger partial charge < -0.3 is 10.1 Å². The molecule has 19 heavy (non-hydrogen) atoms. The van der Waals surface area contributed by atoms with Crippen LogP contribution in [0.4, 0.5) is 4.39 Å². The maximum Gasteiger partial charge on any atom is 0.165 e. The van der Waals surface area contributed by atoms with Gasteiger partial charge in [0.1, 0.15) is 0 Å². The van der Waals surface area contributed by atoms with E-state index < -0.39 is 0 Å². The monoisotopic (exact) mass is 260 g/mol. The van der Waals surface area contributed by atoms with Gasteiger partial charge >= 0.3 is 0 Å². The SMILES string of the molecule is CNC(Cc1ccncc1)c1ccc(OC)c(F)c1. The molecule has 0 radical (unpaired) electrons. The number of hydrogen-bond acceptors (Lipinski definition) is 3. The highest BCUT2D eigenvalue weighted by molar-refractivity contribution is 5.32. The Hall–Kier alpha value is -1.94. The quantitative estimate of drug-likeness (QED) is 0.897. The molecule has 4 heteroatoms. The first-order valence-electron chi connectivity index (χ1n) is 6.14. The maximum atomic E-state index is 13.7. The molecule has 0 saturated heterocycles. The van der Waals surface area contributed by atoms with Crippen LogP contribution >= 0.6 is 0 Å². The van der Waals surface area contributed by atoms with Crippen LogP contribution in [0.25, 0.3) is 0 Å². The lowest BCUT2D eigenvalue weighted by Crippen LogP contribution is -2.19. The van der Waals surface area contributed by atoms with E-state index in [9.17, 15) is 4.39 Å². The van der Waals surface area contributed by atoms with E-state index in [0.29, 0.717) is 0 Å². The van der Waals surface area contributed by atoms with Crippen LogP contribution in [0.2, 0.25) is 0 Å². The van der Waals surface area contributed by atoms with Crippen LogP contribution in [0, 0.1) is 5.82 Å². The fourth-order valence-electron chi connectivity index (χ4n) is 2.04. The van der Waals surface area contributed by atoms with Gasteiger partial charge in [-0.15, -0.1) is 0 Å². The molecule has 1 unspecified atom stereocenters. The van der Waals surface area contributed by atoms with Crippen molar-refractivity contribution in [2.75, 3.05) is 14.2 Å². The number of hydrogen-bond donors (Lipinski definition) is 1.